The number of hydrogen-bond acceptors (Lipinski definition) is 6. The van der Waals surface area contributed by atoms with Crippen LogP contribution < -0.4 is 11.1 Å². The first-order valence-corrected chi connectivity index (χ1v) is 12.5. The van der Waals surface area contributed by atoms with Gasteiger partial charge in [0.2, 0.25) is 5.91 Å². The van der Waals surface area contributed by atoms with E-state index in [1.165, 1.54) is 7.11 Å². The number of piperidine rings is 1. The van der Waals surface area contributed by atoms with Crippen molar-refractivity contribution in [1.29, 1.82) is 0 Å². The standard InChI is InChI=1S/C23H31N5O3.2C2H6/c1-15-5-6-19(20(11-15)26-23(30)31-4)21-12-16(2)28(17(3)25-21)14-22(29)27-9-7-18(13-24)8-10-27;2*1-2/h5-6,11-12,18H,2,7-10,13-14,24H2,1,3-4H3,(H,26,30);2*1-2H3. The molecule has 3 N–H and O–H groups in total. The van der Waals surface area contributed by atoms with E-state index in [1.807, 2.05) is 75.6 Å². The number of carbonyl (C=O) groups is 2. The van der Waals surface area contributed by atoms with Gasteiger partial charge in [0.15, 0.2) is 0 Å². The van der Waals surface area contributed by atoms with Crippen molar-refractivity contribution in [3.05, 3.63) is 47.7 Å². The zero-order chi connectivity index (χ0) is 26.5. The number of benzene rings is 1. The Kier molecular flexibility index (Phi) is 12.8. The van der Waals surface area contributed by atoms with Crippen molar-refractivity contribution in [2.75, 3.05) is 38.6 Å². The third-order valence-electron chi connectivity index (χ3n) is 5.79. The Balaban J connectivity index is 0.00000145. The Morgan fingerprint density at radius 1 is 1.17 bits per heavy atom. The summed E-state index contributed by atoms with van der Waals surface area (Å²) in [5.74, 6) is 1.24. The number of aliphatic imine (C=N–C) groups is 1. The normalized spacial score (nSPS) is 15.6. The number of amidine groups is 1. The molecule has 1 saturated heterocycles. The van der Waals surface area contributed by atoms with Crippen LogP contribution in [0.15, 0.2) is 41.5 Å². The molecule has 1 aromatic rings. The molecule has 1 aromatic carbocycles. The largest absolute Gasteiger partial charge is 0.453 e. The van der Waals surface area contributed by atoms with Crippen molar-refractivity contribution in [1.82, 2.24) is 9.80 Å². The van der Waals surface area contributed by atoms with Gasteiger partial charge in [0, 0.05) is 24.4 Å². The molecular weight excluding hydrogens is 442 g/mol. The first-order valence-electron chi connectivity index (χ1n) is 12.5. The van der Waals surface area contributed by atoms with E-state index in [4.69, 9.17) is 15.5 Å². The Morgan fingerprint density at radius 3 is 2.34 bits per heavy atom. The number of nitrogens with one attached hydrogen (secondary N) is 1. The lowest BCUT2D eigenvalue weighted by molar-refractivity contribution is -0.132. The van der Waals surface area contributed by atoms with Gasteiger partial charge in [-0.15, -0.1) is 0 Å². The van der Waals surface area contributed by atoms with Crippen LogP contribution in [0.5, 0.6) is 0 Å². The summed E-state index contributed by atoms with van der Waals surface area (Å²) in [7, 11) is 1.32. The van der Waals surface area contributed by atoms with Gasteiger partial charge in [-0.05, 0) is 56.9 Å². The van der Waals surface area contributed by atoms with Gasteiger partial charge in [-0.2, -0.15) is 0 Å². The number of hydrogen-bond donors (Lipinski definition) is 2. The minimum Gasteiger partial charge on any atom is -0.453 e. The molecule has 1 fully saturated rings. The molecule has 0 atom stereocenters. The van der Waals surface area contributed by atoms with Crippen LogP contribution in [0.1, 0.15) is 58.6 Å². The van der Waals surface area contributed by atoms with Crippen molar-refractivity contribution in [3.63, 3.8) is 0 Å². The molecule has 0 saturated carbocycles. The lowest BCUT2D eigenvalue weighted by Crippen LogP contribution is -2.46. The van der Waals surface area contributed by atoms with Crippen LogP contribution in [0.25, 0.3) is 5.70 Å². The molecule has 0 radical (unpaired) electrons. The molecule has 0 spiro atoms. The molecule has 0 unspecified atom stereocenters. The molecule has 0 aromatic heterocycles. The van der Waals surface area contributed by atoms with Gasteiger partial charge in [0.1, 0.15) is 12.4 Å². The summed E-state index contributed by atoms with van der Waals surface area (Å²) in [5.41, 5.74) is 9.45. The highest BCUT2D eigenvalue weighted by atomic mass is 16.5. The van der Waals surface area contributed by atoms with Gasteiger partial charge in [0.25, 0.3) is 0 Å². The molecule has 2 aliphatic heterocycles. The first kappa shape index (κ1) is 29.9. The number of carbonyl (C=O) groups excluding carboxylic acids is 2. The third-order valence-corrected chi connectivity index (χ3v) is 5.79. The average Bonchev–Trinajstić information content (AvgIpc) is 2.88. The van der Waals surface area contributed by atoms with E-state index in [0.29, 0.717) is 35.4 Å². The number of allylic oxidation sites excluding steroid dienone is 1. The first-order chi connectivity index (χ1) is 16.8. The average molecular weight is 486 g/mol. The smallest absolute Gasteiger partial charge is 0.411 e. The van der Waals surface area contributed by atoms with Gasteiger partial charge in [-0.1, -0.05) is 46.4 Å². The number of rotatable bonds is 5. The van der Waals surface area contributed by atoms with Gasteiger partial charge >= 0.3 is 6.09 Å². The van der Waals surface area contributed by atoms with E-state index in [9.17, 15) is 9.59 Å². The number of methoxy groups -OCH3 is 1. The number of likely N-dealkylation sites (tertiary alicyclic amines) is 1. The summed E-state index contributed by atoms with van der Waals surface area (Å²) in [5, 5.41) is 2.74. The molecule has 2 heterocycles. The molecule has 2 aliphatic rings. The van der Waals surface area contributed by atoms with E-state index < -0.39 is 6.09 Å². The number of amides is 2. The van der Waals surface area contributed by atoms with Gasteiger partial charge in [-0.3, -0.25) is 10.1 Å². The van der Waals surface area contributed by atoms with Crippen molar-refractivity contribution in [3.8, 4) is 0 Å². The fourth-order valence-electron chi connectivity index (χ4n) is 3.86. The summed E-state index contributed by atoms with van der Waals surface area (Å²) < 4.78 is 4.73. The number of anilines is 1. The number of nitrogens with two attached hydrogens (primary N) is 1. The fourth-order valence-corrected chi connectivity index (χ4v) is 3.86. The van der Waals surface area contributed by atoms with Crippen molar-refractivity contribution < 1.29 is 14.3 Å². The molecule has 2 amide bonds. The quantitative estimate of drug-likeness (QED) is 0.610. The second-order valence-corrected chi connectivity index (χ2v) is 7.99. The topological polar surface area (TPSA) is 100 Å². The van der Waals surface area contributed by atoms with Crippen molar-refractivity contribution >= 4 is 29.2 Å². The maximum Gasteiger partial charge on any atom is 0.411 e. The van der Waals surface area contributed by atoms with Crippen LogP contribution >= 0.6 is 0 Å². The molecule has 0 aliphatic carbocycles. The van der Waals surface area contributed by atoms with Crippen molar-refractivity contribution in [2.45, 2.75) is 54.4 Å². The number of ether oxygens (including phenoxy) is 1. The van der Waals surface area contributed by atoms with E-state index in [0.717, 1.165) is 37.1 Å². The van der Waals surface area contributed by atoms with Crippen LogP contribution in [0, 0.1) is 12.8 Å². The van der Waals surface area contributed by atoms with Crippen LogP contribution in [-0.2, 0) is 9.53 Å². The van der Waals surface area contributed by atoms with Crippen LogP contribution in [0.4, 0.5) is 10.5 Å². The Labute approximate surface area is 210 Å². The van der Waals surface area contributed by atoms with E-state index in [2.05, 4.69) is 11.9 Å². The number of nitrogens with zero attached hydrogens (tertiary/aromatic N) is 3. The van der Waals surface area contributed by atoms with Gasteiger partial charge in [0.05, 0.1) is 18.5 Å². The highest BCUT2D eigenvalue weighted by molar-refractivity contribution is 5.97. The Morgan fingerprint density at radius 2 is 1.80 bits per heavy atom. The molecule has 35 heavy (non-hydrogen) atoms. The van der Waals surface area contributed by atoms with Crippen LogP contribution in [0.2, 0.25) is 0 Å². The van der Waals surface area contributed by atoms with Gasteiger partial charge in [-0.25, -0.2) is 9.79 Å². The molecule has 194 valence electrons. The molecule has 3 rings (SSSR count). The molecule has 8 heteroatoms. The fraction of sp³-hybridized carbons (Fsp3) is 0.519. The predicted molar refractivity (Wildman–Crippen MR) is 145 cm³/mol. The lowest BCUT2D eigenvalue weighted by atomic mass is 9.97. The van der Waals surface area contributed by atoms with Gasteiger partial charge < -0.3 is 20.3 Å². The van der Waals surface area contributed by atoms with Crippen molar-refractivity contribution in [2.24, 2.45) is 16.6 Å². The van der Waals surface area contributed by atoms with E-state index in [1.54, 1.807) is 0 Å². The van der Waals surface area contributed by atoms with E-state index in [-0.39, 0.29) is 12.5 Å². The second kappa shape index (κ2) is 15.0. The Bertz CT molecular complexity index is 931. The SMILES string of the molecule is C=C1C=C(c2ccc(C)cc2NC(=O)OC)N=C(C)N1CC(=O)N1CCC(CN)CC1.CC.CC. The summed E-state index contributed by atoms with van der Waals surface area (Å²) in [6.45, 7) is 18.3. The zero-order valence-corrected chi connectivity index (χ0v) is 22.5. The zero-order valence-electron chi connectivity index (χ0n) is 22.5. The molecule has 0 bridgehead atoms. The summed E-state index contributed by atoms with van der Waals surface area (Å²) >= 11 is 0. The van der Waals surface area contributed by atoms with Crippen LogP contribution in [-0.4, -0.2) is 60.9 Å². The highest BCUT2D eigenvalue weighted by Crippen LogP contribution is 2.31. The minimum atomic E-state index is -0.548. The predicted octanol–water partition coefficient (Wildman–Crippen LogP) is 5.01. The molecule has 8 nitrogen and oxygen atoms in total. The highest BCUT2D eigenvalue weighted by Gasteiger charge is 2.26. The Hall–Kier alpha value is -3.13. The second-order valence-electron chi connectivity index (χ2n) is 7.99. The summed E-state index contributed by atoms with van der Waals surface area (Å²) in [6.07, 6.45) is 3.18. The minimum absolute atomic E-state index is 0.0615. The molecular formula is C27H43N5O3. The van der Waals surface area contributed by atoms with Crippen LogP contribution in [0.3, 0.4) is 0 Å². The maximum absolute atomic E-state index is 12.8. The van der Waals surface area contributed by atoms with E-state index >= 15 is 0 Å². The summed E-state index contributed by atoms with van der Waals surface area (Å²) in [4.78, 5) is 33.0. The monoisotopic (exact) mass is 485 g/mol. The third kappa shape index (κ3) is 8.24. The number of aryl methyl sites for hydroxylation is 1. The summed E-state index contributed by atoms with van der Waals surface area (Å²) in [6, 6.07) is 5.72. The lowest BCUT2D eigenvalue weighted by Gasteiger charge is -2.34. The maximum atomic E-state index is 12.8.